The number of carbonyl (C=O) groups is 2. The number of aromatic nitrogens is 1. The minimum absolute atomic E-state index is 0.763. The number of carboxylic acid groups (broad SMARTS) is 2. The molecular weight excluding hydrogens is 506 g/mol. The Bertz CT molecular complexity index is 1030. The molecule has 6 N–H and O–H groups in total. The van der Waals surface area contributed by atoms with E-state index in [0.29, 0.717) is 0 Å². The van der Waals surface area contributed by atoms with Gasteiger partial charge in [0.05, 0.1) is 10.7 Å². The number of thioether (sulfide) groups is 1. The second-order valence-corrected chi connectivity index (χ2v) is 10.5. The summed E-state index contributed by atoms with van der Waals surface area (Å²) in [4.78, 5) is 25.3. The summed E-state index contributed by atoms with van der Waals surface area (Å²) in [5.41, 5.74) is 5.16. The van der Waals surface area contributed by atoms with Crippen LogP contribution in [0, 0.1) is 0 Å². The molecule has 1 aliphatic carbocycles. The molecular formula is C25H32ClN3O6S. The van der Waals surface area contributed by atoms with Crippen LogP contribution in [0.4, 0.5) is 5.69 Å². The molecule has 1 saturated carbocycles. The molecule has 0 bridgehead atoms. The Kier molecular flexibility index (Phi) is 10.8. The van der Waals surface area contributed by atoms with Gasteiger partial charge in [0.15, 0.2) is 12.2 Å². The molecule has 1 fully saturated rings. The maximum Gasteiger partial charge on any atom is 0.335 e. The molecule has 36 heavy (non-hydrogen) atoms. The Hall–Kier alpha value is -2.37. The Balaban J connectivity index is 0.000000308. The van der Waals surface area contributed by atoms with E-state index in [1.165, 1.54) is 47.3 Å². The summed E-state index contributed by atoms with van der Waals surface area (Å²) in [5, 5.41) is 41.2. The van der Waals surface area contributed by atoms with Gasteiger partial charge in [0.25, 0.3) is 0 Å². The van der Waals surface area contributed by atoms with Gasteiger partial charge in [-0.3, -0.25) is 4.98 Å². The van der Waals surface area contributed by atoms with Gasteiger partial charge in [-0.2, -0.15) is 0 Å². The molecule has 2 aromatic rings. The molecule has 1 aliphatic heterocycles. The molecule has 2 aliphatic rings. The molecule has 1 aromatic heterocycles. The van der Waals surface area contributed by atoms with Crippen LogP contribution in [0.5, 0.6) is 0 Å². The predicted molar refractivity (Wildman–Crippen MR) is 139 cm³/mol. The molecule has 2 atom stereocenters. The Morgan fingerprint density at radius 3 is 2.42 bits per heavy atom. The Labute approximate surface area is 219 Å². The second-order valence-electron chi connectivity index (χ2n) is 8.74. The molecule has 0 saturated heterocycles. The van der Waals surface area contributed by atoms with Crippen LogP contribution in [0.1, 0.15) is 42.4 Å². The lowest BCUT2D eigenvalue weighted by Crippen LogP contribution is -2.39. The number of carboxylic acids is 2. The number of pyridine rings is 1. The number of nitrogens with zero attached hydrogens (tertiary/aromatic N) is 1. The lowest BCUT2D eigenvalue weighted by Gasteiger charge is -2.18. The van der Waals surface area contributed by atoms with Gasteiger partial charge >= 0.3 is 11.9 Å². The minimum Gasteiger partial charge on any atom is -0.479 e. The molecule has 2 heterocycles. The SMILES string of the molecule is Clc1ccc2c(c1NCc1cnccc1SC1CCCC1)CCNCC2.O=C(O)[C@H](O)[C@@H](O)C(=O)O. The van der Waals surface area contributed by atoms with Crippen molar-refractivity contribution in [1.82, 2.24) is 10.3 Å². The first-order chi connectivity index (χ1) is 17.3. The van der Waals surface area contributed by atoms with E-state index < -0.39 is 24.1 Å². The van der Waals surface area contributed by atoms with E-state index in [1.54, 1.807) is 0 Å². The summed E-state index contributed by atoms with van der Waals surface area (Å²) in [6, 6.07) is 6.38. The number of nitrogens with one attached hydrogen (secondary N) is 2. The second kappa shape index (κ2) is 13.8. The zero-order chi connectivity index (χ0) is 26.1. The smallest absolute Gasteiger partial charge is 0.335 e. The van der Waals surface area contributed by atoms with Crippen molar-refractivity contribution in [1.29, 1.82) is 0 Å². The number of aliphatic hydroxyl groups excluding tert-OH is 2. The molecule has 196 valence electrons. The third-order valence-electron chi connectivity index (χ3n) is 6.20. The van der Waals surface area contributed by atoms with E-state index in [2.05, 4.69) is 27.8 Å². The highest BCUT2D eigenvalue weighted by Crippen LogP contribution is 2.37. The maximum absolute atomic E-state index is 9.77. The molecule has 1 aromatic carbocycles. The van der Waals surface area contributed by atoms with Gasteiger partial charge in [0, 0.05) is 34.6 Å². The lowest BCUT2D eigenvalue weighted by atomic mass is 10.0. The van der Waals surface area contributed by atoms with E-state index in [0.717, 1.165) is 48.4 Å². The van der Waals surface area contributed by atoms with Crippen LogP contribution >= 0.6 is 23.4 Å². The lowest BCUT2D eigenvalue weighted by molar-refractivity contribution is -0.165. The van der Waals surface area contributed by atoms with Crippen molar-refractivity contribution in [2.24, 2.45) is 0 Å². The summed E-state index contributed by atoms with van der Waals surface area (Å²) in [7, 11) is 0. The minimum atomic E-state index is -2.27. The number of fused-ring (bicyclic) bond motifs is 1. The fourth-order valence-corrected chi connectivity index (χ4v) is 5.82. The molecule has 11 heteroatoms. The summed E-state index contributed by atoms with van der Waals surface area (Å²) < 4.78 is 0. The normalized spacial score (nSPS) is 17.2. The maximum atomic E-state index is 9.77. The van der Waals surface area contributed by atoms with Gasteiger partial charge in [0.1, 0.15) is 0 Å². The summed E-state index contributed by atoms with van der Waals surface area (Å²) in [5.74, 6) is -3.54. The van der Waals surface area contributed by atoms with Gasteiger partial charge in [-0.25, -0.2) is 9.59 Å². The van der Waals surface area contributed by atoms with Crippen LogP contribution in [0.15, 0.2) is 35.5 Å². The molecule has 0 spiro atoms. The average molecular weight is 538 g/mol. The van der Waals surface area contributed by atoms with Crippen molar-refractivity contribution < 1.29 is 30.0 Å². The van der Waals surface area contributed by atoms with Gasteiger partial charge < -0.3 is 31.1 Å². The van der Waals surface area contributed by atoms with E-state index in [-0.39, 0.29) is 0 Å². The fraction of sp³-hybridized carbons (Fsp3) is 0.480. The van der Waals surface area contributed by atoms with Gasteiger partial charge in [-0.1, -0.05) is 30.5 Å². The number of halogens is 1. The van der Waals surface area contributed by atoms with Crippen molar-refractivity contribution >= 4 is 41.0 Å². The number of hydrogen-bond acceptors (Lipinski definition) is 8. The van der Waals surface area contributed by atoms with Crippen LogP contribution in [-0.2, 0) is 29.0 Å². The van der Waals surface area contributed by atoms with E-state index in [1.807, 2.05) is 30.2 Å². The number of benzene rings is 1. The van der Waals surface area contributed by atoms with E-state index in [4.69, 9.17) is 32.0 Å². The quantitative estimate of drug-likeness (QED) is 0.296. The topological polar surface area (TPSA) is 152 Å². The van der Waals surface area contributed by atoms with Crippen LogP contribution in [-0.4, -0.2) is 67.9 Å². The van der Waals surface area contributed by atoms with Crippen molar-refractivity contribution in [3.8, 4) is 0 Å². The third-order valence-corrected chi connectivity index (χ3v) is 7.97. The van der Waals surface area contributed by atoms with Crippen molar-refractivity contribution in [3.05, 3.63) is 52.3 Å². The van der Waals surface area contributed by atoms with Crippen LogP contribution in [0.25, 0.3) is 0 Å². The zero-order valence-corrected chi connectivity index (χ0v) is 21.4. The molecule has 0 radical (unpaired) electrons. The number of anilines is 1. The standard InChI is InChI=1S/C21H26ClN3S.C4H6O6/c22-19-6-5-15-7-10-23-11-8-18(15)21(19)25-14-16-13-24-12-9-20(16)26-17-3-1-2-4-17;5-1(3(7)8)2(6)4(9)10/h5-6,9,12-13,17,23,25H,1-4,7-8,10-11,14H2;1-2,5-6H,(H,7,8)(H,9,10)/t;1-,2-/m.1/s1. The van der Waals surface area contributed by atoms with Crippen molar-refractivity contribution in [2.75, 3.05) is 18.4 Å². The monoisotopic (exact) mass is 537 g/mol. The predicted octanol–water partition coefficient (Wildman–Crippen LogP) is 2.95. The number of aliphatic carboxylic acids is 2. The van der Waals surface area contributed by atoms with Gasteiger partial charge in [0.2, 0.25) is 0 Å². The summed E-state index contributed by atoms with van der Waals surface area (Å²) >= 11 is 8.58. The first-order valence-electron chi connectivity index (χ1n) is 11.9. The fourth-order valence-electron chi connectivity index (χ4n) is 4.24. The highest BCUT2D eigenvalue weighted by molar-refractivity contribution is 8.00. The van der Waals surface area contributed by atoms with E-state index >= 15 is 0 Å². The summed E-state index contributed by atoms with van der Waals surface area (Å²) in [6.45, 7) is 2.82. The zero-order valence-electron chi connectivity index (χ0n) is 19.8. The van der Waals surface area contributed by atoms with Gasteiger partial charge in [-0.05, 0) is 62.0 Å². The van der Waals surface area contributed by atoms with Crippen LogP contribution in [0.3, 0.4) is 0 Å². The molecule has 0 amide bonds. The van der Waals surface area contributed by atoms with Crippen molar-refractivity contribution in [2.45, 2.75) is 67.4 Å². The Morgan fingerprint density at radius 2 is 1.75 bits per heavy atom. The largest absolute Gasteiger partial charge is 0.479 e. The first kappa shape index (κ1) is 28.2. The molecule has 4 rings (SSSR count). The van der Waals surface area contributed by atoms with E-state index in [9.17, 15) is 9.59 Å². The average Bonchev–Trinajstić information content (AvgIpc) is 3.26. The van der Waals surface area contributed by atoms with Crippen LogP contribution in [0.2, 0.25) is 5.02 Å². The van der Waals surface area contributed by atoms with Crippen molar-refractivity contribution in [3.63, 3.8) is 0 Å². The highest BCUT2D eigenvalue weighted by Gasteiger charge is 2.29. The molecule has 9 nitrogen and oxygen atoms in total. The third kappa shape index (κ3) is 7.81. The summed E-state index contributed by atoms with van der Waals surface area (Å²) in [6.07, 6.45) is 6.89. The number of hydrogen-bond donors (Lipinski definition) is 6. The number of aliphatic hydroxyl groups is 2. The Morgan fingerprint density at radius 1 is 1.08 bits per heavy atom. The first-order valence-corrected chi connectivity index (χ1v) is 13.2. The van der Waals surface area contributed by atoms with Gasteiger partial charge in [-0.15, -0.1) is 11.8 Å². The molecule has 0 unspecified atom stereocenters. The number of rotatable bonds is 8. The highest BCUT2D eigenvalue weighted by atomic mass is 35.5. The van der Waals surface area contributed by atoms with Crippen LogP contribution < -0.4 is 10.6 Å².